The third-order valence-corrected chi connectivity index (χ3v) is 3.60. The molecular formula is C15H21NO2. The maximum absolute atomic E-state index is 11.4. The Labute approximate surface area is 108 Å². The molecule has 0 saturated heterocycles. The van der Waals surface area contributed by atoms with E-state index in [-0.39, 0.29) is 12.1 Å². The summed E-state index contributed by atoms with van der Waals surface area (Å²) in [6, 6.07) is 10.0. The van der Waals surface area contributed by atoms with Crippen molar-refractivity contribution in [2.45, 2.75) is 50.7 Å². The zero-order valence-corrected chi connectivity index (χ0v) is 10.8. The highest BCUT2D eigenvalue weighted by Crippen LogP contribution is 2.33. The summed E-state index contributed by atoms with van der Waals surface area (Å²) in [4.78, 5) is 11.4. The lowest BCUT2D eigenvalue weighted by Crippen LogP contribution is -2.33. The summed E-state index contributed by atoms with van der Waals surface area (Å²) in [6.45, 7) is 1.66. The van der Waals surface area contributed by atoms with Gasteiger partial charge in [-0.3, -0.25) is 4.79 Å². The smallest absolute Gasteiger partial charge is 0.322 e. The van der Waals surface area contributed by atoms with Crippen LogP contribution < -0.4 is 5.73 Å². The summed E-state index contributed by atoms with van der Waals surface area (Å²) < 4.78 is 5.37. The van der Waals surface area contributed by atoms with Crippen molar-refractivity contribution in [3.63, 3.8) is 0 Å². The lowest BCUT2D eigenvalue weighted by atomic mass is 9.83. The second-order valence-corrected chi connectivity index (χ2v) is 5.11. The number of ether oxygens (including phenoxy) is 1. The second kappa shape index (κ2) is 6.01. The van der Waals surface area contributed by atoms with E-state index in [1.54, 1.807) is 6.92 Å². The monoisotopic (exact) mass is 247 g/mol. The molecule has 0 radical (unpaired) electrons. The summed E-state index contributed by atoms with van der Waals surface area (Å²) >= 11 is 0. The predicted octanol–water partition coefficient (Wildman–Crippen LogP) is 2.60. The summed E-state index contributed by atoms with van der Waals surface area (Å²) in [6.07, 6.45) is 4.11. The van der Waals surface area contributed by atoms with Crippen LogP contribution in [-0.2, 0) is 9.53 Å². The van der Waals surface area contributed by atoms with Crippen LogP contribution in [0.3, 0.4) is 0 Å². The first kappa shape index (κ1) is 13.1. The van der Waals surface area contributed by atoms with E-state index in [4.69, 9.17) is 10.5 Å². The van der Waals surface area contributed by atoms with Crippen LogP contribution in [0.5, 0.6) is 0 Å². The molecule has 1 aromatic rings. The van der Waals surface area contributed by atoms with E-state index in [0.717, 1.165) is 25.7 Å². The van der Waals surface area contributed by atoms with Gasteiger partial charge in [0.05, 0.1) is 0 Å². The maximum atomic E-state index is 11.4. The Morgan fingerprint density at radius 3 is 2.39 bits per heavy atom. The number of benzene rings is 1. The zero-order valence-electron chi connectivity index (χ0n) is 10.8. The van der Waals surface area contributed by atoms with Crippen LogP contribution in [0.15, 0.2) is 30.3 Å². The first-order chi connectivity index (χ1) is 8.66. The fourth-order valence-electron chi connectivity index (χ4n) is 2.51. The van der Waals surface area contributed by atoms with Gasteiger partial charge in [0.15, 0.2) is 0 Å². The fraction of sp³-hybridized carbons (Fsp3) is 0.533. The predicted molar refractivity (Wildman–Crippen MR) is 71.2 cm³/mol. The number of esters is 1. The SMILES string of the molecule is C[C@H](N)C(=O)OC1CCC(c2ccccc2)CC1. The molecule has 18 heavy (non-hydrogen) atoms. The largest absolute Gasteiger partial charge is 0.461 e. The van der Waals surface area contributed by atoms with Crippen LogP contribution >= 0.6 is 0 Å². The highest BCUT2D eigenvalue weighted by Gasteiger charge is 2.25. The topological polar surface area (TPSA) is 52.3 Å². The molecule has 0 amide bonds. The minimum atomic E-state index is -0.517. The molecule has 3 heteroatoms. The molecule has 3 nitrogen and oxygen atoms in total. The van der Waals surface area contributed by atoms with Gasteiger partial charge in [0.25, 0.3) is 0 Å². The normalized spacial score (nSPS) is 25.4. The highest BCUT2D eigenvalue weighted by molar-refractivity contribution is 5.75. The summed E-state index contributed by atoms with van der Waals surface area (Å²) in [5.41, 5.74) is 6.89. The van der Waals surface area contributed by atoms with E-state index in [1.807, 2.05) is 6.07 Å². The molecule has 1 aromatic carbocycles. The van der Waals surface area contributed by atoms with Crippen LogP contribution in [0.2, 0.25) is 0 Å². The molecule has 1 atom stereocenters. The van der Waals surface area contributed by atoms with Crippen LogP contribution in [0, 0.1) is 0 Å². The van der Waals surface area contributed by atoms with Crippen LogP contribution in [-0.4, -0.2) is 18.1 Å². The van der Waals surface area contributed by atoms with Gasteiger partial charge in [-0.15, -0.1) is 0 Å². The van der Waals surface area contributed by atoms with E-state index < -0.39 is 6.04 Å². The van der Waals surface area contributed by atoms with Crippen molar-refractivity contribution in [3.8, 4) is 0 Å². The van der Waals surface area contributed by atoms with Crippen LogP contribution in [0.25, 0.3) is 0 Å². The Balaban J connectivity index is 1.83. The molecule has 1 aliphatic rings. The maximum Gasteiger partial charge on any atom is 0.322 e. The highest BCUT2D eigenvalue weighted by atomic mass is 16.5. The van der Waals surface area contributed by atoms with E-state index in [2.05, 4.69) is 24.3 Å². The standard InChI is InChI=1S/C15H21NO2/c1-11(16)15(17)18-14-9-7-13(8-10-14)12-5-3-2-4-6-12/h2-6,11,13-14H,7-10,16H2,1H3/t11-,13?,14?/m0/s1. The van der Waals surface area contributed by atoms with Gasteiger partial charge in [0, 0.05) is 0 Å². The van der Waals surface area contributed by atoms with Crippen molar-refractivity contribution >= 4 is 5.97 Å². The summed E-state index contributed by atoms with van der Waals surface area (Å²) in [7, 11) is 0. The van der Waals surface area contributed by atoms with Crippen LogP contribution in [0.1, 0.15) is 44.1 Å². The summed E-state index contributed by atoms with van der Waals surface area (Å²) in [5.74, 6) is 0.328. The molecule has 0 aromatic heterocycles. The number of carbonyl (C=O) groups is 1. The van der Waals surface area contributed by atoms with E-state index in [1.165, 1.54) is 5.56 Å². The molecule has 0 unspecified atom stereocenters. The molecule has 1 aliphatic carbocycles. The average molecular weight is 247 g/mol. The Morgan fingerprint density at radius 2 is 1.83 bits per heavy atom. The van der Waals surface area contributed by atoms with E-state index in [9.17, 15) is 4.79 Å². The van der Waals surface area contributed by atoms with Gasteiger partial charge < -0.3 is 10.5 Å². The molecule has 2 N–H and O–H groups in total. The minimum Gasteiger partial charge on any atom is -0.461 e. The molecule has 1 fully saturated rings. The van der Waals surface area contributed by atoms with E-state index in [0.29, 0.717) is 5.92 Å². The van der Waals surface area contributed by atoms with Gasteiger partial charge in [0.2, 0.25) is 0 Å². The fourth-order valence-corrected chi connectivity index (χ4v) is 2.51. The van der Waals surface area contributed by atoms with Gasteiger partial charge in [-0.1, -0.05) is 30.3 Å². The lowest BCUT2D eigenvalue weighted by Gasteiger charge is -2.29. The molecule has 0 aliphatic heterocycles. The summed E-state index contributed by atoms with van der Waals surface area (Å²) in [5, 5.41) is 0. The zero-order chi connectivity index (χ0) is 13.0. The van der Waals surface area contributed by atoms with Gasteiger partial charge in [-0.2, -0.15) is 0 Å². The van der Waals surface area contributed by atoms with Gasteiger partial charge in [-0.25, -0.2) is 0 Å². The Hall–Kier alpha value is -1.35. The van der Waals surface area contributed by atoms with Crippen molar-refractivity contribution < 1.29 is 9.53 Å². The Bertz CT molecular complexity index is 381. The van der Waals surface area contributed by atoms with Crippen molar-refractivity contribution in [2.75, 3.05) is 0 Å². The van der Waals surface area contributed by atoms with Crippen LogP contribution in [0.4, 0.5) is 0 Å². The Morgan fingerprint density at radius 1 is 1.22 bits per heavy atom. The van der Waals surface area contributed by atoms with Gasteiger partial charge in [-0.05, 0) is 44.1 Å². The number of rotatable bonds is 3. The lowest BCUT2D eigenvalue weighted by molar-refractivity contribution is -0.151. The third kappa shape index (κ3) is 3.33. The number of hydrogen-bond acceptors (Lipinski definition) is 3. The van der Waals surface area contributed by atoms with Crippen molar-refractivity contribution in [1.82, 2.24) is 0 Å². The first-order valence-corrected chi connectivity index (χ1v) is 6.68. The molecular weight excluding hydrogens is 226 g/mol. The van der Waals surface area contributed by atoms with E-state index >= 15 is 0 Å². The molecule has 0 bridgehead atoms. The number of nitrogens with two attached hydrogens (primary N) is 1. The Kier molecular flexibility index (Phi) is 4.37. The van der Waals surface area contributed by atoms with Gasteiger partial charge >= 0.3 is 5.97 Å². The van der Waals surface area contributed by atoms with Crippen molar-refractivity contribution in [1.29, 1.82) is 0 Å². The number of hydrogen-bond donors (Lipinski definition) is 1. The first-order valence-electron chi connectivity index (χ1n) is 6.68. The van der Waals surface area contributed by atoms with Gasteiger partial charge in [0.1, 0.15) is 12.1 Å². The second-order valence-electron chi connectivity index (χ2n) is 5.11. The molecule has 1 saturated carbocycles. The van der Waals surface area contributed by atoms with Crippen molar-refractivity contribution in [2.24, 2.45) is 5.73 Å². The molecule has 0 heterocycles. The molecule has 98 valence electrons. The molecule has 0 spiro atoms. The third-order valence-electron chi connectivity index (χ3n) is 3.60. The molecule has 2 rings (SSSR count). The van der Waals surface area contributed by atoms with Crippen molar-refractivity contribution in [3.05, 3.63) is 35.9 Å². The quantitative estimate of drug-likeness (QED) is 0.835. The number of carbonyl (C=O) groups excluding carboxylic acids is 1. The minimum absolute atomic E-state index is 0.0588. The average Bonchev–Trinajstić information content (AvgIpc) is 2.40.